The molecule has 2 aromatic rings. The van der Waals surface area contributed by atoms with E-state index >= 15 is 0 Å². The summed E-state index contributed by atoms with van der Waals surface area (Å²) in [7, 11) is 1.67. The molecule has 3 rings (SSSR count). The number of hydrogen-bond donors (Lipinski definition) is 1. The lowest BCUT2D eigenvalue weighted by atomic mass is 10.1. The van der Waals surface area contributed by atoms with Crippen LogP contribution in [0.25, 0.3) is 0 Å². The monoisotopic (exact) mass is 355 g/mol. The Balaban J connectivity index is 1.64. The highest BCUT2D eigenvalue weighted by atomic mass is 32.1. The minimum absolute atomic E-state index is 0.397. The Bertz CT molecular complexity index is 732. The third-order valence-electron chi connectivity index (χ3n) is 4.63. The molecule has 0 radical (unpaired) electrons. The van der Waals surface area contributed by atoms with Crippen LogP contribution in [0.2, 0.25) is 0 Å². The molecule has 1 N–H and O–H groups in total. The molecule has 0 spiro atoms. The highest BCUT2D eigenvalue weighted by Gasteiger charge is 2.25. The largest absolute Gasteiger partial charge is 0.495 e. The van der Waals surface area contributed by atoms with Gasteiger partial charge in [-0.3, -0.25) is 0 Å². The number of methoxy groups -OCH3 is 1. The number of aryl methyl sites for hydroxylation is 1. The summed E-state index contributed by atoms with van der Waals surface area (Å²) < 4.78 is 5.39. The summed E-state index contributed by atoms with van der Waals surface area (Å²) in [5.74, 6) is 0.802. The summed E-state index contributed by atoms with van der Waals surface area (Å²) in [6.45, 7) is 7.12. The number of rotatable bonds is 3. The Morgan fingerprint density at radius 1 is 1.12 bits per heavy atom. The number of para-hydroxylation sites is 2. The minimum Gasteiger partial charge on any atom is -0.495 e. The molecule has 25 heavy (non-hydrogen) atoms. The molecule has 0 amide bonds. The maximum Gasteiger partial charge on any atom is 0.173 e. The first-order valence-corrected chi connectivity index (χ1v) is 9.01. The summed E-state index contributed by atoms with van der Waals surface area (Å²) in [5.41, 5.74) is 3.47. The van der Waals surface area contributed by atoms with Gasteiger partial charge in [0.05, 0.1) is 12.8 Å². The van der Waals surface area contributed by atoms with Crippen LogP contribution in [-0.4, -0.2) is 42.8 Å². The van der Waals surface area contributed by atoms with E-state index in [1.807, 2.05) is 24.3 Å². The molecular weight excluding hydrogens is 330 g/mol. The van der Waals surface area contributed by atoms with Crippen molar-refractivity contribution in [2.45, 2.75) is 19.9 Å². The van der Waals surface area contributed by atoms with Gasteiger partial charge in [-0.25, -0.2) is 0 Å². The number of ether oxygens (including phenoxy) is 1. The van der Waals surface area contributed by atoms with Crippen molar-refractivity contribution in [3.63, 3.8) is 0 Å². The average Bonchev–Trinajstić information content (AvgIpc) is 2.63. The number of nitrogens with one attached hydrogen (secondary N) is 1. The van der Waals surface area contributed by atoms with Crippen LogP contribution in [0.4, 0.5) is 11.4 Å². The number of nitrogens with zero attached hydrogens (tertiary/aromatic N) is 2. The zero-order valence-electron chi connectivity index (χ0n) is 15.0. The topological polar surface area (TPSA) is 27.7 Å². The van der Waals surface area contributed by atoms with Gasteiger partial charge in [-0.15, -0.1) is 0 Å². The van der Waals surface area contributed by atoms with E-state index in [4.69, 9.17) is 17.0 Å². The van der Waals surface area contributed by atoms with E-state index in [9.17, 15) is 0 Å². The van der Waals surface area contributed by atoms with Crippen molar-refractivity contribution in [1.82, 2.24) is 4.90 Å². The van der Waals surface area contributed by atoms with Crippen molar-refractivity contribution in [3.05, 3.63) is 54.1 Å². The lowest BCUT2D eigenvalue weighted by Gasteiger charge is -2.42. The third-order valence-corrected chi connectivity index (χ3v) is 4.99. The molecule has 0 bridgehead atoms. The van der Waals surface area contributed by atoms with Crippen LogP contribution >= 0.6 is 12.2 Å². The number of benzene rings is 2. The van der Waals surface area contributed by atoms with E-state index < -0.39 is 0 Å². The lowest BCUT2D eigenvalue weighted by Crippen LogP contribution is -2.54. The molecule has 0 aromatic heterocycles. The molecule has 1 unspecified atom stereocenters. The van der Waals surface area contributed by atoms with Gasteiger partial charge < -0.3 is 19.9 Å². The van der Waals surface area contributed by atoms with E-state index in [1.165, 1.54) is 11.3 Å². The van der Waals surface area contributed by atoms with Crippen LogP contribution in [0.5, 0.6) is 5.75 Å². The molecule has 5 heteroatoms. The lowest BCUT2D eigenvalue weighted by molar-refractivity contribution is 0.342. The van der Waals surface area contributed by atoms with Gasteiger partial charge in [-0.05, 0) is 50.3 Å². The highest BCUT2D eigenvalue weighted by Crippen LogP contribution is 2.25. The van der Waals surface area contributed by atoms with Crippen molar-refractivity contribution >= 4 is 28.7 Å². The maximum absolute atomic E-state index is 5.63. The molecule has 1 saturated heterocycles. The Morgan fingerprint density at radius 3 is 2.52 bits per heavy atom. The molecule has 1 aliphatic heterocycles. The Labute approximate surface area is 155 Å². The van der Waals surface area contributed by atoms with Crippen LogP contribution in [0.15, 0.2) is 48.5 Å². The molecule has 132 valence electrons. The predicted molar refractivity (Wildman–Crippen MR) is 109 cm³/mol. The Hall–Kier alpha value is -2.27. The fourth-order valence-corrected chi connectivity index (χ4v) is 3.48. The van der Waals surface area contributed by atoms with Gasteiger partial charge in [0.15, 0.2) is 5.11 Å². The molecule has 1 aliphatic rings. The van der Waals surface area contributed by atoms with E-state index in [1.54, 1.807) is 7.11 Å². The molecule has 0 saturated carbocycles. The molecule has 1 fully saturated rings. The molecule has 1 heterocycles. The summed E-state index contributed by atoms with van der Waals surface area (Å²) in [4.78, 5) is 4.68. The summed E-state index contributed by atoms with van der Waals surface area (Å²) in [6.07, 6.45) is 0. The smallest absolute Gasteiger partial charge is 0.173 e. The first kappa shape index (κ1) is 17.5. The van der Waals surface area contributed by atoms with Crippen LogP contribution in [-0.2, 0) is 0 Å². The van der Waals surface area contributed by atoms with E-state index in [0.717, 1.165) is 36.2 Å². The molecule has 1 atom stereocenters. The maximum atomic E-state index is 5.63. The number of anilines is 2. The van der Waals surface area contributed by atoms with Gasteiger partial charge in [0.1, 0.15) is 5.75 Å². The van der Waals surface area contributed by atoms with Crippen molar-refractivity contribution < 1.29 is 4.74 Å². The average molecular weight is 356 g/mol. The summed E-state index contributed by atoms with van der Waals surface area (Å²) in [5, 5.41) is 4.08. The zero-order chi connectivity index (χ0) is 17.8. The van der Waals surface area contributed by atoms with E-state index in [-0.39, 0.29) is 0 Å². The Morgan fingerprint density at radius 2 is 1.84 bits per heavy atom. The normalized spacial score (nSPS) is 17.3. The number of thiocarbonyl (C=S) groups is 1. The van der Waals surface area contributed by atoms with Gasteiger partial charge in [0, 0.05) is 31.4 Å². The molecule has 0 aliphatic carbocycles. The van der Waals surface area contributed by atoms with Crippen LogP contribution in [0.3, 0.4) is 0 Å². The second kappa shape index (κ2) is 7.74. The van der Waals surface area contributed by atoms with Gasteiger partial charge in [-0.1, -0.05) is 29.8 Å². The second-order valence-electron chi connectivity index (χ2n) is 6.45. The summed E-state index contributed by atoms with van der Waals surface area (Å²) in [6, 6.07) is 17.0. The second-order valence-corrected chi connectivity index (χ2v) is 6.84. The van der Waals surface area contributed by atoms with Gasteiger partial charge >= 0.3 is 0 Å². The Kier molecular flexibility index (Phi) is 5.43. The first-order valence-electron chi connectivity index (χ1n) is 8.60. The van der Waals surface area contributed by atoms with Crippen molar-refractivity contribution in [2.75, 3.05) is 37.0 Å². The van der Waals surface area contributed by atoms with Gasteiger partial charge in [0.2, 0.25) is 0 Å². The fraction of sp³-hybridized carbons (Fsp3) is 0.350. The SMILES string of the molecule is COc1ccccc1NC(=S)N1CCN(c2ccc(C)cc2)C(C)C1. The van der Waals surface area contributed by atoms with Crippen LogP contribution in [0, 0.1) is 6.92 Å². The number of hydrogen-bond acceptors (Lipinski definition) is 3. The van der Waals surface area contributed by atoms with Crippen molar-refractivity contribution in [2.24, 2.45) is 0 Å². The van der Waals surface area contributed by atoms with Crippen LogP contribution in [0.1, 0.15) is 12.5 Å². The third kappa shape index (κ3) is 4.04. The quantitative estimate of drug-likeness (QED) is 0.843. The van der Waals surface area contributed by atoms with Gasteiger partial charge in [0.25, 0.3) is 0 Å². The van der Waals surface area contributed by atoms with Gasteiger partial charge in [-0.2, -0.15) is 0 Å². The van der Waals surface area contributed by atoms with Crippen molar-refractivity contribution in [3.8, 4) is 5.75 Å². The van der Waals surface area contributed by atoms with E-state index in [2.05, 4.69) is 53.2 Å². The highest BCUT2D eigenvalue weighted by molar-refractivity contribution is 7.80. The molecule has 4 nitrogen and oxygen atoms in total. The first-order chi connectivity index (χ1) is 12.1. The van der Waals surface area contributed by atoms with Crippen LogP contribution < -0.4 is 15.0 Å². The number of piperazine rings is 1. The standard InChI is InChI=1S/C20H25N3OS/c1-15-8-10-17(11-9-15)23-13-12-22(14-16(23)2)20(25)21-18-6-4-5-7-19(18)24-3/h4-11,16H,12-14H2,1-3H3,(H,21,25). The predicted octanol–water partition coefficient (Wildman–Crippen LogP) is 3.91. The molecule has 2 aromatic carbocycles. The van der Waals surface area contributed by atoms with Crippen molar-refractivity contribution in [1.29, 1.82) is 0 Å². The zero-order valence-corrected chi connectivity index (χ0v) is 15.8. The summed E-state index contributed by atoms with van der Waals surface area (Å²) >= 11 is 5.63. The minimum atomic E-state index is 0.397. The molecular formula is C20H25N3OS. The van der Waals surface area contributed by atoms with E-state index in [0.29, 0.717) is 6.04 Å². The fourth-order valence-electron chi connectivity index (χ4n) is 3.20.